The Morgan fingerprint density at radius 1 is 1.14 bits per heavy atom. The fraction of sp³-hybridized carbons (Fsp3) is 0.619. The van der Waals surface area contributed by atoms with E-state index in [0.29, 0.717) is 17.8 Å². The van der Waals surface area contributed by atoms with E-state index in [9.17, 15) is 18.0 Å². The Hall–Kier alpha value is -1.93. The third-order valence-electron chi connectivity index (χ3n) is 5.33. The zero-order valence-corrected chi connectivity index (χ0v) is 18.3. The highest BCUT2D eigenvalue weighted by atomic mass is 32.2. The maximum absolute atomic E-state index is 12.2. The number of hydrogen-bond donors (Lipinski definition) is 1. The first kappa shape index (κ1) is 23.3. The van der Waals surface area contributed by atoms with Gasteiger partial charge >= 0.3 is 11.9 Å². The molecule has 0 saturated heterocycles. The Morgan fingerprint density at radius 2 is 1.79 bits per heavy atom. The number of rotatable bonds is 8. The highest BCUT2D eigenvalue weighted by Gasteiger charge is 2.33. The summed E-state index contributed by atoms with van der Waals surface area (Å²) in [6.07, 6.45) is 2.76. The highest BCUT2D eigenvalue weighted by molar-refractivity contribution is 7.89. The maximum Gasteiger partial charge on any atom is 0.344 e. The molecule has 1 aromatic carbocycles. The lowest BCUT2D eigenvalue weighted by molar-refractivity contribution is -0.166. The average molecular weight is 426 g/mol. The average Bonchev–Trinajstić information content (AvgIpc) is 2.65. The number of carbonyl (C=O) groups is 2. The summed E-state index contributed by atoms with van der Waals surface area (Å²) in [7, 11) is -3.82. The van der Waals surface area contributed by atoms with Crippen LogP contribution in [-0.4, -0.2) is 39.6 Å². The van der Waals surface area contributed by atoms with Crippen molar-refractivity contribution in [3.63, 3.8) is 0 Å². The van der Waals surface area contributed by atoms with Gasteiger partial charge in [-0.1, -0.05) is 44.9 Å². The van der Waals surface area contributed by atoms with Crippen LogP contribution in [0.5, 0.6) is 0 Å². The highest BCUT2D eigenvalue weighted by Crippen LogP contribution is 2.35. The second-order valence-corrected chi connectivity index (χ2v) is 9.92. The molecule has 0 spiro atoms. The molecule has 29 heavy (non-hydrogen) atoms. The van der Waals surface area contributed by atoms with Crippen LogP contribution in [0.1, 0.15) is 45.6 Å². The van der Waals surface area contributed by atoms with Crippen molar-refractivity contribution in [1.29, 1.82) is 0 Å². The lowest BCUT2D eigenvalue weighted by atomic mass is 9.75. The molecule has 1 fully saturated rings. The van der Waals surface area contributed by atoms with Gasteiger partial charge in [-0.2, -0.15) is 4.72 Å². The molecule has 1 saturated carbocycles. The molecule has 8 heteroatoms. The van der Waals surface area contributed by atoms with Gasteiger partial charge in [-0.3, -0.25) is 4.79 Å². The first-order valence-corrected chi connectivity index (χ1v) is 11.5. The number of sulfonamides is 1. The summed E-state index contributed by atoms with van der Waals surface area (Å²) in [6.45, 7) is 7.12. The number of carbonyl (C=O) groups excluding carboxylic acids is 2. The van der Waals surface area contributed by atoms with Gasteiger partial charge in [0, 0.05) is 0 Å². The van der Waals surface area contributed by atoms with Crippen LogP contribution >= 0.6 is 0 Å². The van der Waals surface area contributed by atoms with Crippen molar-refractivity contribution in [3.8, 4) is 0 Å². The predicted octanol–water partition coefficient (Wildman–Crippen LogP) is 2.82. The molecule has 2 rings (SSSR count). The van der Waals surface area contributed by atoms with Crippen LogP contribution in [0.25, 0.3) is 0 Å². The van der Waals surface area contributed by atoms with E-state index in [1.165, 1.54) is 12.1 Å². The molecule has 0 bridgehead atoms. The van der Waals surface area contributed by atoms with Crippen molar-refractivity contribution in [2.75, 3.05) is 13.2 Å². The van der Waals surface area contributed by atoms with Crippen molar-refractivity contribution >= 4 is 22.0 Å². The van der Waals surface area contributed by atoms with Gasteiger partial charge in [0.2, 0.25) is 10.0 Å². The van der Waals surface area contributed by atoms with E-state index in [-0.39, 0.29) is 11.0 Å². The summed E-state index contributed by atoms with van der Waals surface area (Å²) in [5, 5.41) is 0. The molecule has 0 heterocycles. The van der Waals surface area contributed by atoms with E-state index in [1.807, 2.05) is 6.92 Å². The fourth-order valence-electron chi connectivity index (χ4n) is 3.60. The molecule has 0 aliphatic heterocycles. The standard InChI is InChI=1S/C21H31NO6S/c1-14(2)18-10-7-16(4)11-19(18)28-21(24)13-27-20(23)12-22-29(25,26)17-8-5-15(3)6-9-17/h5-6,8-9,14,16,18-19,22H,7,10-13H2,1-4H3/t16-,18+,19-/m0/s1. The van der Waals surface area contributed by atoms with E-state index in [2.05, 4.69) is 25.5 Å². The SMILES string of the molecule is Cc1ccc(S(=O)(=O)NCC(=O)OCC(=O)O[C@H]2C[C@@H](C)CC[C@@H]2C(C)C)cc1. The summed E-state index contributed by atoms with van der Waals surface area (Å²) < 4.78 is 36.9. The quantitative estimate of drug-likeness (QED) is 0.643. The van der Waals surface area contributed by atoms with Gasteiger partial charge in [-0.15, -0.1) is 0 Å². The summed E-state index contributed by atoms with van der Waals surface area (Å²) in [4.78, 5) is 24.0. The summed E-state index contributed by atoms with van der Waals surface area (Å²) in [6, 6.07) is 6.24. The molecule has 162 valence electrons. The molecule has 1 aliphatic carbocycles. The molecule has 0 radical (unpaired) electrons. The monoisotopic (exact) mass is 425 g/mol. The van der Waals surface area contributed by atoms with Crippen molar-refractivity contribution in [1.82, 2.24) is 4.72 Å². The molecule has 1 aliphatic rings. The lowest BCUT2D eigenvalue weighted by Crippen LogP contribution is -2.37. The Bertz CT molecular complexity index is 803. The van der Waals surface area contributed by atoms with E-state index >= 15 is 0 Å². The molecule has 1 aromatic rings. The minimum Gasteiger partial charge on any atom is -0.460 e. The molecular formula is C21H31NO6S. The van der Waals surface area contributed by atoms with Crippen LogP contribution in [0.15, 0.2) is 29.2 Å². The number of aryl methyl sites for hydroxylation is 1. The minimum atomic E-state index is -3.82. The smallest absolute Gasteiger partial charge is 0.344 e. The lowest BCUT2D eigenvalue weighted by Gasteiger charge is -2.36. The van der Waals surface area contributed by atoms with Crippen molar-refractivity contribution in [2.45, 2.75) is 58.0 Å². The van der Waals surface area contributed by atoms with E-state index in [4.69, 9.17) is 9.47 Å². The largest absolute Gasteiger partial charge is 0.460 e. The fourth-order valence-corrected chi connectivity index (χ4v) is 4.57. The predicted molar refractivity (Wildman–Crippen MR) is 109 cm³/mol. The van der Waals surface area contributed by atoms with Crippen LogP contribution in [0.3, 0.4) is 0 Å². The zero-order valence-electron chi connectivity index (χ0n) is 17.5. The Balaban J connectivity index is 1.79. The molecule has 7 nitrogen and oxygen atoms in total. The van der Waals surface area contributed by atoms with Crippen molar-refractivity contribution < 1.29 is 27.5 Å². The molecular weight excluding hydrogens is 394 g/mol. The third kappa shape index (κ3) is 7.12. The van der Waals surface area contributed by atoms with Crippen LogP contribution in [0.2, 0.25) is 0 Å². The van der Waals surface area contributed by atoms with E-state index in [1.54, 1.807) is 12.1 Å². The van der Waals surface area contributed by atoms with Crippen LogP contribution in [0.4, 0.5) is 0 Å². The maximum atomic E-state index is 12.2. The Morgan fingerprint density at radius 3 is 2.41 bits per heavy atom. The second-order valence-electron chi connectivity index (χ2n) is 8.15. The Kier molecular flexibility index (Phi) is 8.22. The van der Waals surface area contributed by atoms with Gasteiger partial charge < -0.3 is 9.47 Å². The number of ether oxygens (including phenoxy) is 2. The topological polar surface area (TPSA) is 98.8 Å². The first-order valence-electron chi connectivity index (χ1n) is 10.00. The number of esters is 2. The third-order valence-corrected chi connectivity index (χ3v) is 6.75. The summed E-state index contributed by atoms with van der Waals surface area (Å²) in [5.74, 6) is -0.257. The van der Waals surface area contributed by atoms with Gasteiger partial charge in [0.05, 0.1) is 4.90 Å². The van der Waals surface area contributed by atoms with Gasteiger partial charge in [-0.25, -0.2) is 13.2 Å². The molecule has 3 atom stereocenters. The van der Waals surface area contributed by atoms with Crippen LogP contribution in [0, 0.1) is 24.7 Å². The van der Waals surface area contributed by atoms with E-state index < -0.39 is 35.1 Å². The molecule has 1 N–H and O–H groups in total. The Labute approximate surface area is 173 Å². The van der Waals surface area contributed by atoms with Crippen LogP contribution < -0.4 is 4.72 Å². The van der Waals surface area contributed by atoms with E-state index in [0.717, 1.165) is 24.8 Å². The first-order chi connectivity index (χ1) is 13.6. The molecule has 0 amide bonds. The summed E-state index contributed by atoms with van der Waals surface area (Å²) >= 11 is 0. The molecule has 0 aromatic heterocycles. The van der Waals surface area contributed by atoms with Crippen molar-refractivity contribution in [2.24, 2.45) is 17.8 Å². The number of hydrogen-bond acceptors (Lipinski definition) is 6. The number of benzene rings is 1. The minimum absolute atomic E-state index is 0.0569. The number of nitrogens with one attached hydrogen (secondary N) is 1. The summed E-state index contributed by atoms with van der Waals surface area (Å²) in [5.41, 5.74) is 0.925. The second kappa shape index (κ2) is 10.2. The van der Waals surface area contributed by atoms with Crippen molar-refractivity contribution in [3.05, 3.63) is 29.8 Å². The van der Waals surface area contributed by atoms with Gasteiger partial charge in [0.25, 0.3) is 0 Å². The van der Waals surface area contributed by atoms with Gasteiger partial charge in [-0.05, 0) is 49.7 Å². The normalized spacial score (nSPS) is 22.3. The van der Waals surface area contributed by atoms with Gasteiger partial charge in [0.1, 0.15) is 12.6 Å². The molecule has 0 unspecified atom stereocenters. The van der Waals surface area contributed by atoms with Gasteiger partial charge in [0.15, 0.2) is 6.61 Å². The zero-order chi connectivity index (χ0) is 21.6. The van der Waals surface area contributed by atoms with Crippen LogP contribution in [-0.2, 0) is 29.1 Å².